The molecule has 0 unspecified atom stereocenters. The number of aromatic amines is 1. The number of carbonyl (C=O) groups is 2. The van der Waals surface area contributed by atoms with Crippen LogP contribution in [-0.2, 0) is 4.79 Å². The molecule has 0 radical (unpaired) electrons. The second-order valence-electron chi connectivity index (χ2n) is 5.59. The van der Waals surface area contributed by atoms with Crippen LogP contribution >= 0.6 is 0 Å². The van der Waals surface area contributed by atoms with E-state index in [-0.39, 0.29) is 5.91 Å². The van der Waals surface area contributed by atoms with Crippen molar-refractivity contribution in [2.75, 3.05) is 13.1 Å². The van der Waals surface area contributed by atoms with Gasteiger partial charge in [-0.05, 0) is 42.5 Å². The number of carbonyl (C=O) groups excluding carboxylic acids is 1. The van der Waals surface area contributed by atoms with Crippen LogP contribution in [0.4, 0.5) is 0 Å². The standard InChI is InChI=1S/C16H18N2O3/c1-10(19)18-6-4-11(5-7-18)14-9-17-15-3-2-12(16(20)21)8-13(14)15/h2-3,8-9,11,17H,4-7H2,1H3,(H,20,21). The van der Waals surface area contributed by atoms with Crippen molar-refractivity contribution in [3.8, 4) is 0 Å². The summed E-state index contributed by atoms with van der Waals surface area (Å²) in [6, 6.07) is 5.16. The minimum atomic E-state index is -0.907. The molecule has 21 heavy (non-hydrogen) atoms. The van der Waals surface area contributed by atoms with Crippen molar-refractivity contribution in [3.63, 3.8) is 0 Å². The molecule has 1 amide bonds. The van der Waals surface area contributed by atoms with Gasteiger partial charge in [0.15, 0.2) is 0 Å². The number of piperidine rings is 1. The maximum atomic E-state index is 11.4. The van der Waals surface area contributed by atoms with E-state index in [4.69, 9.17) is 5.11 Å². The number of hydrogen-bond donors (Lipinski definition) is 2. The van der Waals surface area contributed by atoms with Crippen LogP contribution in [0.15, 0.2) is 24.4 Å². The first kappa shape index (κ1) is 13.7. The lowest BCUT2D eigenvalue weighted by Gasteiger charge is -2.31. The second-order valence-corrected chi connectivity index (χ2v) is 5.59. The van der Waals surface area contributed by atoms with E-state index in [2.05, 4.69) is 4.98 Å². The van der Waals surface area contributed by atoms with Crippen molar-refractivity contribution in [2.45, 2.75) is 25.7 Å². The van der Waals surface area contributed by atoms with Gasteiger partial charge in [0.1, 0.15) is 0 Å². The first-order valence-electron chi connectivity index (χ1n) is 7.16. The van der Waals surface area contributed by atoms with Gasteiger partial charge in [0.25, 0.3) is 0 Å². The number of benzene rings is 1. The average molecular weight is 286 g/mol. The zero-order valence-electron chi connectivity index (χ0n) is 11.9. The lowest BCUT2D eigenvalue weighted by Crippen LogP contribution is -2.36. The van der Waals surface area contributed by atoms with Crippen LogP contribution in [0, 0.1) is 0 Å². The smallest absolute Gasteiger partial charge is 0.335 e. The minimum Gasteiger partial charge on any atom is -0.478 e. The van der Waals surface area contributed by atoms with Gasteiger partial charge < -0.3 is 15.0 Å². The van der Waals surface area contributed by atoms with Crippen molar-refractivity contribution in [3.05, 3.63) is 35.5 Å². The van der Waals surface area contributed by atoms with Crippen LogP contribution in [0.25, 0.3) is 10.9 Å². The number of nitrogens with zero attached hydrogens (tertiary/aromatic N) is 1. The van der Waals surface area contributed by atoms with E-state index < -0.39 is 5.97 Å². The molecule has 2 aromatic rings. The summed E-state index contributed by atoms with van der Waals surface area (Å²) in [4.78, 5) is 27.6. The second kappa shape index (κ2) is 5.24. The molecule has 0 aliphatic carbocycles. The maximum absolute atomic E-state index is 11.4. The highest BCUT2D eigenvalue weighted by atomic mass is 16.4. The molecule has 0 saturated carbocycles. The van der Waals surface area contributed by atoms with E-state index in [0.29, 0.717) is 11.5 Å². The van der Waals surface area contributed by atoms with Crippen LogP contribution in [0.1, 0.15) is 41.6 Å². The summed E-state index contributed by atoms with van der Waals surface area (Å²) in [5.41, 5.74) is 2.44. The Morgan fingerprint density at radius 1 is 1.29 bits per heavy atom. The summed E-state index contributed by atoms with van der Waals surface area (Å²) in [6.45, 7) is 3.14. The summed E-state index contributed by atoms with van der Waals surface area (Å²) in [5.74, 6) is -0.408. The Kier molecular flexibility index (Phi) is 3.41. The number of fused-ring (bicyclic) bond motifs is 1. The Morgan fingerprint density at radius 3 is 2.62 bits per heavy atom. The van der Waals surface area contributed by atoms with Crippen LogP contribution in [-0.4, -0.2) is 40.0 Å². The van der Waals surface area contributed by atoms with E-state index in [1.54, 1.807) is 19.1 Å². The van der Waals surface area contributed by atoms with E-state index in [1.165, 1.54) is 0 Å². The van der Waals surface area contributed by atoms with Crippen LogP contribution < -0.4 is 0 Å². The molecule has 3 rings (SSSR count). The van der Waals surface area contributed by atoms with E-state index >= 15 is 0 Å². The van der Waals surface area contributed by atoms with Gasteiger partial charge in [0.2, 0.25) is 5.91 Å². The summed E-state index contributed by atoms with van der Waals surface area (Å²) in [7, 11) is 0. The van der Waals surface area contributed by atoms with Crippen molar-refractivity contribution in [1.29, 1.82) is 0 Å². The molecule has 2 heterocycles. The van der Waals surface area contributed by atoms with Gasteiger partial charge in [0, 0.05) is 37.1 Å². The zero-order chi connectivity index (χ0) is 15.0. The highest BCUT2D eigenvalue weighted by Crippen LogP contribution is 2.33. The van der Waals surface area contributed by atoms with Gasteiger partial charge >= 0.3 is 5.97 Å². The third-order valence-electron chi connectivity index (χ3n) is 4.34. The van der Waals surface area contributed by atoms with Crippen molar-refractivity contribution < 1.29 is 14.7 Å². The van der Waals surface area contributed by atoms with Crippen molar-refractivity contribution in [2.24, 2.45) is 0 Å². The fraction of sp³-hybridized carbons (Fsp3) is 0.375. The third-order valence-corrected chi connectivity index (χ3v) is 4.34. The molecule has 0 bridgehead atoms. The van der Waals surface area contributed by atoms with Gasteiger partial charge in [-0.2, -0.15) is 0 Å². The first-order valence-corrected chi connectivity index (χ1v) is 7.16. The number of rotatable bonds is 2. The number of carboxylic acid groups (broad SMARTS) is 1. The van der Waals surface area contributed by atoms with Gasteiger partial charge in [0.05, 0.1) is 5.56 Å². The van der Waals surface area contributed by atoms with Crippen molar-refractivity contribution >= 4 is 22.8 Å². The number of likely N-dealkylation sites (tertiary alicyclic amines) is 1. The number of amides is 1. The number of hydrogen-bond acceptors (Lipinski definition) is 2. The first-order chi connectivity index (χ1) is 10.1. The normalized spacial score (nSPS) is 16.3. The lowest BCUT2D eigenvalue weighted by molar-refractivity contribution is -0.129. The van der Waals surface area contributed by atoms with Gasteiger partial charge in [-0.25, -0.2) is 4.79 Å². The molecule has 0 atom stereocenters. The molecule has 1 aliphatic heterocycles. The fourth-order valence-corrected chi connectivity index (χ4v) is 3.12. The topological polar surface area (TPSA) is 73.4 Å². The van der Waals surface area contributed by atoms with Gasteiger partial charge in [-0.3, -0.25) is 4.79 Å². The molecular weight excluding hydrogens is 268 g/mol. The molecular formula is C16H18N2O3. The highest BCUT2D eigenvalue weighted by Gasteiger charge is 2.24. The summed E-state index contributed by atoms with van der Waals surface area (Å²) >= 11 is 0. The molecule has 5 heteroatoms. The number of aromatic nitrogens is 1. The molecule has 5 nitrogen and oxygen atoms in total. The zero-order valence-corrected chi connectivity index (χ0v) is 11.9. The average Bonchev–Trinajstić information content (AvgIpc) is 2.90. The predicted octanol–water partition coefficient (Wildman–Crippen LogP) is 2.59. The SMILES string of the molecule is CC(=O)N1CCC(c2c[nH]c3ccc(C(=O)O)cc23)CC1. The molecule has 1 aliphatic rings. The molecule has 2 N–H and O–H groups in total. The Morgan fingerprint density at radius 2 is 2.00 bits per heavy atom. The maximum Gasteiger partial charge on any atom is 0.335 e. The molecule has 1 saturated heterocycles. The highest BCUT2D eigenvalue weighted by molar-refractivity contribution is 5.94. The van der Waals surface area contributed by atoms with Crippen LogP contribution in [0.5, 0.6) is 0 Å². The van der Waals surface area contributed by atoms with Gasteiger partial charge in [-0.1, -0.05) is 0 Å². The van der Waals surface area contributed by atoms with Crippen LogP contribution in [0.2, 0.25) is 0 Å². The lowest BCUT2D eigenvalue weighted by atomic mass is 9.89. The number of H-pyrrole nitrogens is 1. The minimum absolute atomic E-state index is 0.126. The Bertz CT molecular complexity index is 697. The third kappa shape index (κ3) is 2.51. The Balaban J connectivity index is 1.89. The summed E-state index contributed by atoms with van der Waals surface area (Å²) in [6.07, 6.45) is 3.82. The van der Waals surface area contributed by atoms with Crippen molar-refractivity contribution in [1.82, 2.24) is 9.88 Å². The Hall–Kier alpha value is -2.30. The van der Waals surface area contributed by atoms with E-state index in [1.807, 2.05) is 17.2 Å². The number of carboxylic acids is 1. The molecule has 1 fully saturated rings. The van der Waals surface area contributed by atoms with E-state index in [9.17, 15) is 9.59 Å². The van der Waals surface area contributed by atoms with E-state index in [0.717, 1.165) is 42.4 Å². The molecule has 110 valence electrons. The fourth-order valence-electron chi connectivity index (χ4n) is 3.12. The predicted molar refractivity (Wildman–Crippen MR) is 79.5 cm³/mol. The largest absolute Gasteiger partial charge is 0.478 e. The molecule has 1 aromatic heterocycles. The number of aromatic carboxylic acids is 1. The molecule has 0 spiro atoms. The Labute approximate surface area is 122 Å². The summed E-state index contributed by atoms with van der Waals surface area (Å²) < 4.78 is 0. The monoisotopic (exact) mass is 286 g/mol. The molecule has 1 aromatic carbocycles. The van der Waals surface area contributed by atoms with Crippen LogP contribution in [0.3, 0.4) is 0 Å². The number of nitrogens with one attached hydrogen (secondary N) is 1. The summed E-state index contributed by atoms with van der Waals surface area (Å²) in [5, 5.41) is 10.1. The quantitative estimate of drug-likeness (QED) is 0.891. The van der Waals surface area contributed by atoms with Gasteiger partial charge in [-0.15, -0.1) is 0 Å².